The molecule has 0 radical (unpaired) electrons. The molecular formula is C17H16N4O4. The summed E-state index contributed by atoms with van der Waals surface area (Å²) in [6.07, 6.45) is 3.21. The first kappa shape index (κ1) is 16.4. The number of rotatable bonds is 5. The molecule has 2 aliphatic rings. The Kier molecular flexibility index (Phi) is 4.34. The second kappa shape index (κ2) is 6.60. The predicted octanol–water partition coefficient (Wildman–Crippen LogP) is 0.732. The summed E-state index contributed by atoms with van der Waals surface area (Å²) in [4.78, 5) is 36.0. The molecule has 2 aliphatic heterocycles. The second-order valence-electron chi connectivity index (χ2n) is 5.53. The smallest absolute Gasteiger partial charge is 0.341 e. The molecule has 128 valence electrons. The lowest BCUT2D eigenvalue weighted by atomic mass is 10.0. The minimum absolute atomic E-state index is 0.0812. The number of pyridine rings is 1. The SMILES string of the molecule is COC(=O)c1cn([C@H](Cc2ccccc2)C(N)=O)cc2c(=O)[nH]nc1-2. The van der Waals surface area contributed by atoms with Crippen molar-refractivity contribution < 1.29 is 14.3 Å². The number of esters is 1. The number of ether oxygens (including phenoxy) is 1. The van der Waals surface area contributed by atoms with Crippen LogP contribution in [0.4, 0.5) is 0 Å². The summed E-state index contributed by atoms with van der Waals surface area (Å²) in [5, 5.41) is 6.15. The Morgan fingerprint density at radius 3 is 2.64 bits per heavy atom. The molecule has 8 heteroatoms. The van der Waals surface area contributed by atoms with Gasteiger partial charge >= 0.3 is 5.97 Å². The molecule has 1 atom stereocenters. The van der Waals surface area contributed by atoms with Crippen molar-refractivity contribution in [3.05, 3.63) is 64.2 Å². The van der Waals surface area contributed by atoms with Crippen molar-refractivity contribution in [2.45, 2.75) is 12.5 Å². The van der Waals surface area contributed by atoms with Gasteiger partial charge in [-0.1, -0.05) is 30.3 Å². The lowest BCUT2D eigenvalue weighted by Gasteiger charge is -2.19. The molecule has 0 saturated carbocycles. The van der Waals surface area contributed by atoms with Gasteiger partial charge in [-0.25, -0.2) is 9.89 Å². The topological polar surface area (TPSA) is 120 Å². The molecule has 8 nitrogen and oxygen atoms in total. The number of methoxy groups -OCH3 is 1. The Balaban J connectivity index is 2.12. The number of nitrogens with zero attached hydrogens (tertiary/aromatic N) is 2. The number of nitrogens with two attached hydrogens (primary N) is 1. The molecule has 0 aliphatic carbocycles. The molecule has 0 aromatic heterocycles. The van der Waals surface area contributed by atoms with E-state index in [9.17, 15) is 14.4 Å². The number of aromatic amines is 1. The first-order valence-corrected chi connectivity index (χ1v) is 7.52. The fraction of sp³-hybridized carbons (Fsp3) is 0.176. The highest BCUT2D eigenvalue weighted by molar-refractivity contribution is 5.96. The number of hydrogen-bond acceptors (Lipinski definition) is 5. The van der Waals surface area contributed by atoms with Gasteiger partial charge in [-0.05, 0) is 5.56 Å². The molecule has 1 aromatic rings. The molecule has 25 heavy (non-hydrogen) atoms. The minimum Gasteiger partial charge on any atom is -0.465 e. The normalized spacial score (nSPS) is 12.0. The molecule has 0 fully saturated rings. The van der Waals surface area contributed by atoms with Crippen molar-refractivity contribution in [3.63, 3.8) is 0 Å². The average molecular weight is 340 g/mol. The van der Waals surface area contributed by atoms with Crippen molar-refractivity contribution >= 4 is 11.9 Å². The number of nitrogens with one attached hydrogen (secondary N) is 1. The number of aromatic nitrogens is 3. The minimum atomic E-state index is -0.774. The fourth-order valence-corrected chi connectivity index (χ4v) is 2.69. The van der Waals surface area contributed by atoms with E-state index >= 15 is 0 Å². The molecule has 1 amide bonds. The first-order chi connectivity index (χ1) is 12.0. The van der Waals surface area contributed by atoms with E-state index < -0.39 is 23.5 Å². The summed E-state index contributed by atoms with van der Waals surface area (Å²) in [6, 6.07) is 8.54. The third-order valence-corrected chi connectivity index (χ3v) is 3.95. The maximum absolute atomic E-state index is 12.0. The van der Waals surface area contributed by atoms with Crippen LogP contribution in [-0.2, 0) is 16.0 Å². The van der Waals surface area contributed by atoms with Crippen LogP contribution in [0.2, 0.25) is 0 Å². The molecule has 1 aromatic carbocycles. The maximum atomic E-state index is 12.0. The molecule has 2 heterocycles. The van der Waals surface area contributed by atoms with Gasteiger partial charge in [0.05, 0.1) is 12.7 Å². The van der Waals surface area contributed by atoms with Crippen LogP contribution in [0.3, 0.4) is 0 Å². The van der Waals surface area contributed by atoms with Crippen molar-refractivity contribution in [2.24, 2.45) is 5.73 Å². The number of H-pyrrole nitrogens is 1. The Morgan fingerprint density at radius 1 is 1.28 bits per heavy atom. The Bertz CT molecular complexity index is 945. The van der Waals surface area contributed by atoms with Crippen LogP contribution < -0.4 is 11.3 Å². The van der Waals surface area contributed by atoms with Crippen LogP contribution in [0.5, 0.6) is 0 Å². The summed E-state index contributed by atoms with van der Waals surface area (Å²) in [6.45, 7) is 0. The zero-order valence-electron chi connectivity index (χ0n) is 13.4. The molecule has 3 N–H and O–H groups in total. The number of carbonyl (C=O) groups is 2. The molecule has 0 bridgehead atoms. The van der Waals surface area contributed by atoms with Gasteiger partial charge in [0.15, 0.2) is 0 Å². The average Bonchev–Trinajstić information content (AvgIpc) is 3.00. The molecule has 0 unspecified atom stereocenters. The van der Waals surface area contributed by atoms with E-state index in [0.717, 1.165) is 5.56 Å². The largest absolute Gasteiger partial charge is 0.465 e. The number of amides is 1. The van der Waals surface area contributed by atoms with E-state index in [1.54, 1.807) is 0 Å². The zero-order valence-corrected chi connectivity index (χ0v) is 13.4. The summed E-state index contributed by atoms with van der Waals surface area (Å²) in [5.41, 5.74) is 6.45. The van der Waals surface area contributed by atoms with Crippen molar-refractivity contribution in [1.29, 1.82) is 0 Å². The number of benzene rings is 1. The standard InChI is InChI=1S/C17H16N4O4/c1-25-17(24)12-9-21(8-11-14(12)19-20-16(11)23)13(15(18)22)7-10-5-3-2-4-6-10/h2-6,8-9,13H,7H2,1H3,(H2,18,22)(H,20,23)/t13-/m1/s1. The van der Waals surface area contributed by atoms with Crippen molar-refractivity contribution in [1.82, 2.24) is 14.8 Å². The van der Waals surface area contributed by atoms with Gasteiger partial charge < -0.3 is 15.0 Å². The predicted molar refractivity (Wildman–Crippen MR) is 89.2 cm³/mol. The highest BCUT2D eigenvalue weighted by Gasteiger charge is 2.26. The molecule has 0 saturated heterocycles. The summed E-state index contributed by atoms with van der Waals surface area (Å²) in [7, 11) is 1.23. The van der Waals surface area contributed by atoms with E-state index in [1.165, 1.54) is 24.1 Å². The third kappa shape index (κ3) is 3.14. The summed E-state index contributed by atoms with van der Waals surface area (Å²) < 4.78 is 6.20. The van der Waals surface area contributed by atoms with Crippen LogP contribution in [0.1, 0.15) is 22.0 Å². The number of carbonyl (C=O) groups excluding carboxylic acids is 2. The fourth-order valence-electron chi connectivity index (χ4n) is 2.69. The lowest BCUT2D eigenvalue weighted by Crippen LogP contribution is -2.29. The number of fused-ring (bicyclic) bond motifs is 1. The van der Waals surface area contributed by atoms with Gasteiger partial charge in [-0.15, -0.1) is 0 Å². The highest BCUT2D eigenvalue weighted by atomic mass is 16.5. The molecular weight excluding hydrogens is 324 g/mol. The van der Waals surface area contributed by atoms with E-state index in [1.807, 2.05) is 30.3 Å². The Morgan fingerprint density at radius 2 is 2.00 bits per heavy atom. The van der Waals surface area contributed by atoms with Crippen LogP contribution in [0.15, 0.2) is 47.5 Å². The monoisotopic (exact) mass is 340 g/mol. The Labute approximate surface area is 142 Å². The Hall–Kier alpha value is -3.42. The van der Waals surface area contributed by atoms with Crippen molar-refractivity contribution in [3.8, 4) is 11.3 Å². The second-order valence-corrected chi connectivity index (χ2v) is 5.53. The van der Waals surface area contributed by atoms with Crippen LogP contribution >= 0.6 is 0 Å². The van der Waals surface area contributed by atoms with Crippen LogP contribution in [0.25, 0.3) is 11.3 Å². The van der Waals surface area contributed by atoms with Crippen LogP contribution in [-0.4, -0.2) is 33.8 Å². The van der Waals surface area contributed by atoms with Gasteiger partial charge in [0.2, 0.25) is 5.91 Å². The molecule has 0 spiro atoms. The maximum Gasteiger partial charge on any atom is 0.341 e. The number of hydrogen-bond donors (Lipinski definition) is 2. The van der Waals surface area contributed by atoms with Gasteiger partial charge in [0.25, 0.3) is 5.56 Å². The van der Waals surface area contributed by atoms with Gasteiger partial charge in [-0.3, -0.25) is 9.59 Å². The molecule has 3 rings (SSSR count). The van der Waals surface area contributed by atoms with Gasteiger partial charge in [0, 0.05) is 18.8 Å². The lowest BCUT2D eigenvalue weighted by molar-refractivity contribution is -0.121. The first-order valence-electron chi connectivity index (χ1n) is 7.52. The van der Waals surface area contributed by atoms with Gasteiger partial charge in [0.1, 0.15) is 17.3 Å². The van der Waals surface area contributed by atoms with Gasteiger partial charge in [-0.2, -0.15) is 5.10 Å². The van der Waals surface area contributed by atoms with E-state index in [0.29, 0.717) is 6.42 Å². The van der Waals surface area contributed by atoms with E-state index in [2.05, 4.69) is 10.2 Å². The summed E-state index contributed by atoms with van der Waals surface area (Å²) in [5.74, 6) is -1.24. The quantitative estimate of drug-likeness (QED) is 0.664. The van der Waals surface area contributed by atoms with Crippen molar-refractivity contribution in [2.75, 3.05) is 7.11 Å². The number of primary amides is 1. The summed E-state index contributed by atoms with van der Waals surface area (Å²) >= 11 is 0. The van der Waals surface area contributed by atoms with E-state index in [4.69, 9.17) is 10.5 Å². The van der Waals surface area contributed by atoms with Crippen LogP contribution in [0, 0.1) is 0 Å². The van der Waals surface area contributed by atoms with E-state index in [-0.39, 0.29) is 16.8 Å². The zero-order chi connectivity index (χ0) is 18.0. The highest BCUT2D eigenvalue weighted by Crippen LogP contribution is 2.24. The third-order valence-electron chi connectivity index (χ3n) is 3.95.